The molecule has 0 aliphatic carbocycles. The van der Waals surface area contributed by atoms with Crippen LogP contribution in [0.2, 0.25) is 0 Å². The molecule has 12 heteroatoms. The third-order valence-corrected chi connectivity index (χ3v) is 7.11. The van der Waals surface area contributed by atoms with Crippen LogP contribution in [0.15, 0.2) is 30.5 Å². The summed E-state index contributed by atoms with van der Waals surface area (Å²) in [5.74, 6) is 0.715. The van der Waals surface area contributed by atoms with Crippen LogP contribution in [-0.4, -0.2) is 89.1 Å². The normalized spacial score (nSPS) is 14.2. The second-order valence-corrected chi connectivity index (χ2v) is 10.1. The number of unbranched alkanes of at least 4 members (excludes halogenated alkanes) is 1. The summed E-state index contributed by atoms with van der Waals surface area (Å²) in [6.45, 7) is 4.39. The van der Waals surface area contributed by atoms with Crippen LogP contribution in [0.25, 0.3) is 11.0 Å². The fourth-order valence-electron chi connectivity index (χ4n) is 4.92. The van der Waals surface area contributed by atoms with Crippen molar-refractivity contribution in [2.24, 2.45) is 0 Å². The van der Waals surface area contributed by atoms with E-state index in [1.54, 1.807) is 12.0 Å². The lowest BCUT2D eigenvalue weighted by Crippen LogP contribution is -2.42. The number of nitrogens with two attached hydrogens (primary N) is 1. The van der Waals surface area contributed by atoms with E-state index in [4.69, 9.17) is 19.9 Å². The highest BCUT2D eigenvalue weighted by molar-refractivity contribution is 5.88. The Morgan fingerprint density at radius 1 is 1.20 bits per heavy atom. The zero-order valence-electron chi connectivity index (χ0n) is 23.8. The molecule has 0 bridgehead atoms. The van der Waals surface area contributed by atoms with Gasteiger partial charge in [-0.1, -0.05) is 31.9 Å². The third-order valence-electron chi connectivity index (χ3n) is 7.11. The van der Waals surface area contributed by atoms with Crippen LogP contribution in [0.5, 0.6) is 5.75 Å². The molecule has 3 aromatic rings. The van der Waals surface area contributed by atoms with Gasteiger partial charge < -0.3 is 39.8 Å². The van der Waals surface area contributed by atoms with E-state index in [1.165, 1.54) is 0 Å². The number of morpholine rings is 1. The number of amides is 1. The van der Waals surface area contributed by atoms with Gasteiger partial charge in [-0.2, -0.15) is 4.98 Å². The maximum Gasteiger partial charge on any atom is 0.310 e. The first-order valence-electron chi connectivity index (χ1n) is 14.1. The lowest BCUT2D eigenvalue weighted by atomic mass is 10.1. The van der Waals surface area contributed by atoms with Crippen LogP contribution in [0, 0.1) is 0 Å². The molecule has 1 amide bonds. The summed E-state index contributed by atoms with van der Waals surface area (Å²) in [6.07, 6.45) is 5.54. The standard InChI is InChI=1S/C29H40N6O6/c1-3-4-5-22(9-13-36)31-28-27-23(32-29(30)33-28)8-10-35(27)18-21-7-6-20(16-24(21)39-2)17-26(38)41-19-25(37)34-11-14-40-15-12-34/h6-8,10,16,22,36H,3-5,9,11-15,17-19H2,1-2H3,(H3,30,31,32,33)/t22-/m0/s1. The minimum atomic E-state index is -0.483. The first kappa shape index (κ1) is 30.1. The predicted molar refractivity (Wildman–Crippen MR) is 155 cm³/mol. The lowest BCUT2D eigenvalue weighted by molar-refractivity contribution is -0.153. The lowest BCUT2D eigenvalue weighted by Gasteiger charge is -2.26. The molecule has 4 N–H and O–H groups in total. The Morgan fingerprint density at radius 2 is 2.00 bits per heavy atom. The van der Waals surface area contributed by atoms with Crippen molar-refractivity contribution in [1.29, 1.82) is 0 Å². The summed E-state index contributed by atoms with van der Waals surface area (Å²) >= 11 is 0. The summed E-state index contributed by atoms with van der Waals surface area (Å²) in [7, 11) is 1.58. The van der Waals surface area contributed by atoms with Gasteiger partial charge in [-0.25, -0.2) is 4.98 Å². The molecule has 1 aliphatic rings. The number of carbonyl (C=O) groups excluding carboxylic acids is 2. The largest absolute Gasteiger partial charge is 0.496 e. The van der Waals surface area contributed by atoms with E-state index >= 15 is 0 Å². The van der Waals surface area contributed by atoms with Crippen molar-refractivity contribution in [1.82, 2.24) is 19.4 Å². The predicted octanol–water partition coefficient (Wildman–Crippen LogP) is 2.37. The molecule has 12 nitrogen and oxygen atoms in total. The first-order chi connectivity index (χ1) is 19.9. The first-order valence-corrected chi connectivity index (χ1v) is 14.1. The number of nitrogens with zero attached hydrogens (tertiary/aromatic N) is 4. The van der Waals surface area contributed by atoms with E-state index in [0.29, 0.717) is 61.9 Å². The Balaban J connectivity index is 1.46. The summed E-state index contributed by atoms with van der Waals surface area (Å²) in [4.78, 5) is 35.2. The van der Waals surface area contributed by atoms with Crippen molar-refractivity contribution < 1.29 is 28.9 Å². The number of benzene rings is 1. The molecule has 41 heavy (non-hydrogen) atoms. The molecule has 0 spiro atoms. The topological polar surface area (TPSA) is 154 Å². The molecule has 222 valence electrons. The van der Waals surface area contributed by atoms with Gasteiger partial charge in [0.2, 0.25) is 5.95 Å². The van der Waals surface area contributed by atoms with E-state index in [1.807, 2.05) is 35.0 Å². The van der Waals surface area contributed by atoms with E-state index < -0.39 is 5.97 Å². The van der Waals surface area contributed by atoms with Gasteiger partial charge in [-0.15, -0.1) is 0 Å². The van der Waals surface area contributed by atoms with Gasteiger partial charge in [-0.3, -0.25) is 9.59 Å². The van der Waals surface area contributed by atoms with Crippen LogP contribution in [0.1, 0.15) is 43.7 Å². The summed E-state index contributed by atoms with van der Waals surface area (Å²) < 4.78 is 18.2. The van der Waals surface area contributed by atoms with Gasteiger partial charge in [0.15, 0.2) is 12.4 Å². The second-order valence-electron chi connectivity index (χ2n) is 10.1. The van der Waals surface area contributed by atoms with Gasteiger partial charge in [-0.05, 0) is 30.5 Å². The van der Waals surface area contributed by atoms with Crippen LogP contribution in [0.3, 0.4) is 0 Å². The highest BCUT2D eigenvalue weighted by Gasteiger charge is 2.20. The second kappa shape index (κ2) is 14.6. The number of nitrogens with one attached hydrogen (secondary N) is 1. The Labute approximate surface area is 239 Å². The van der Waals surface area contributed by atoms with E-state index in [2.05, 4.69) is 22.2 Å². The quantitative estimate of drug-likeness (QED) is 0.247. The van der Waals surface area contributed by atoms with Crippen LogP contribution in [-0.2, 0) is 32.0 Å². The minimum absolute atomic E-state index is 0.0185. The van der Waals surface area contributed by atoms with E-state index in [-0.39, 0.29) is 37.5 Å². The minimum Gasteiger partial charge on any atom is -0.496 e. The highest BCUT2D eigenvalue weighted by Crippen LogP contribution is 2.28. The smallest absolute Gasteiger partial charge is 0.310 e. The number of fused-ring (bicyclic) bond motifs is 1. The summed E-state index contributed by atoms with van der Waals surface area (Å²) in [5.41, 5.74) is 9.13. The molecular weight excluding hydrogens is 528 g/mol. The number of hydrogen-bond donors (Lipinski definition) is 3. The molecule has 1 atom stereocenters. The molecule has 1 aromatic carbocycles. The van der Waals surface area contributed by atoms with Gasteiger partial charge in [0.25, 0.3) is 5.91 Å². The van der Waals surface area contributed by atoms with Gasteiger partial charge in [0.05, 0.1) is 38.8 Å². The van der Waals surface area contributed by atoms with Crippen molar-refractivity contribution >= 4 is 34.7 Å². The number of esters is 1. The van der Waals surface area contributed by atoms with Gasteiger partial charge >= 0.3 is 5.97 Å². The van der Waals surface area contributed by atoms with Crippen LogP contribution >= 0.6 is 0 Å². The van der Waals surface area contributed by atoms with E-state index in [0.717, 1.165) is 30.3 Å². The molecule has 0 saturated carbocycles. The number of ether oxygens (including phenoxy) is 3. The van der Waals surface area contributed by atoms with Gasteiger partial charge in [0, 0.05) is 37.5 Å². The van der Waals surface area contributed by atoms with Crippen molar-refractivity contribution in [2.75, 3.05) is 57.7 Å². The number of anilines is 2. The average Bonchev–Trinajstić information content (AvgIpc) is 3.38. The number of rotatable bonds is 14. The SMILES string of the molecule is CCCC[C@@H](CCO)Nc1nc(N)nc2ccn(Cc3ccc(CC(=O)OCC(=O)N4CCOCC4)cc3OC)c12. The Morgan fingerprint density at radius 3 is 2.73 bits per heavy atom. The third kappa shape index (κ3) is 8.08. The highest BCUT2D eigenvalue weighted by atomic mass is 16.5. The Kier molecular flexibility index (Phi) is 10.7. The molecular formula is C29H40N6O6. The number of aliphatic hydroxyl groups excluding tert-OH is 1. The zero-order chi connectivity index (χ0) is 29.2. The number of aliphatic hydroxyl groups is 1. The van der Waals surface area contributed by atoms with Crippen molar-refractivity contribution in [2.45, 2.75) is 51.6 Å². The fraction of sp³-hybridized carbons (Fsp3) is 0.517. The number of methoxy groups -OCH3 is 1. The number of carbonyl (C=O) groups is 2. The van der Waals surface area contributed by atoms with Gasteiger partial charge in [0.1, 0.15) is 11.3 Å². The van der Waals surface area contributed by atoms with Crippen molar-refractivity contribution in [3.63, 3.8) is 0 Å². The Bertz CT molecular complexity index is 1320. The molecule has 0 unspecified atom stereocenters. The molecule has 2 aromatic heterocycles. The molecule has 0 radical (unpaired) electrons. The van der Waals surface area contributed by atoms with Crippen LogP contribution < -0.4 is 15.8 Å². The summed E-state index contributed by atoms with van der Waals surface area (Å²) in [5, 5.41) is 13.1. The van der Waals surface area contributed by atoms with Crippen LogP contribution in [0.4, 0.5) is 11.8 Å². The molecule has 4 rings (SSSR count). The number of hydrogen-bond acceptors (Lipinski definition) is 10. The number of nitrogen functional groups attached to an aromatic ring is 1. The molecule has 1 fully saturated rings. The summed E-state index contributed by atoms with van der Waals surface area (Å²) in [6, 6.07) is 7.51. The fourth-order valence-corrected chi connectivity index (χ4v) is 4.92. The monoisotopic (exact) mass is 568 g/mol. The molecule has 3 heterocycles. The molecule has 1 saturated heterocycles. The number of aromatic nitrogens is 3. The average molecular weight is 569 g/mol. The van der Waals surface area contributed by atoms with Crippen molar-refractivity contribution in [3.05, 3.63) is 41.6 Å². The zero-order valence-corrected chi connectivity index (χ0v) is 23.8. The molecule has 1 aliphatic heterocycles. The van der Waals surface area contributed by atoms with Crippen molar-refractivity contribution in [3.8, 4) is 5.75 Å². The Hall–Kier alpha value is -3.90. The maximum absolute atomic E-state index is 12.4. The maximum atomic E-state index is 12.4. The van der Waals surface area contributed by atoms with E-state index in [9.17, 15) is 14.7 Å².